The van der Waals surface area contributed by atoms with Gasteiger partial charge in [-0.25, -0.2) is 0 Å². The van der Waals surface area contributed by atoms with Crippen LogP contribution in [0, 0.1) is 6.92 Å². The SMILES string of the molecule is CCCNC(c1cccc(Cl)c1)c1scc(C)c1Cl. The first-order valence-corrected chi connectivity index (χ1v) is 7.99. The Kier molecular flexibility index (Phi) is 5.28. The van der Waals surface area contributed by atoms with Crippen LogP contribution in [-0.2, 0) is 0 Å². The predicted octanol–water partition coefficient (Wildman–Crippen LogP) is 5.45. The Morgan fingerprint density at radius 3 is 2.68 bits per heavy atom. The van der Waals surface area contributed by atoms with Crippen molar-refractivity contribution in [3.05, 3.63) is 55.7 Å². The standard InChI is InChI=1S/C15H17Cl2NS/c1-3-7-18-14(11-5-4-6-12(16)8-11)15-13(17)10(2)9-19-15/h4-6,8-9,14,18H,3,7H2,1-2H3. The summed E-state index contributed by atoms with van der Waals surface area (Å²) in [6, 6.07) is 8.07. The number of thiophene rings is 1. The zero-order chi connectivity index (χ0) is 13.8. The summed E-state index contributed by atoms with van der Waals surface area (Å²) in [6.07, 6.45) is 1.08. The molecule has 0 saturated carbocycles. The van der Waals surface area contributed by atoms with Gasteiger partial charge in [0, 0.05) is 9.90 Å². The Balaban J connectivity index is 2.38. The van der Waals surface area contributed by atoms with E-state index < -0.39 is 0 Å². The van der Waals surface area contributed by atoms with Gasteiger partial charge >= 0.3 is 0 Å². The van der Waals surface area contributed by atoms with Crippen LogP contribution in [0.15, 0.2) is 29.6 Å². The Labute approximate surface area is 128 Å². The third-order valence-electron chi connectivity index (χ3n) is 2.97. The van der Waals surface area contributed by atoms with Crippen LogP contribution in [0.5, 0.6) is 0 Å². The minimum atomic E-state index is 0.116. The molecule has 1 unspecified atom stereocenters. The second-order valence-electron chi connectivity index (χ2n) is 4.54. The fourth-order valence-corrected chi connectivity index (χ4v) is 3.58. The minimum absolute atomic E-state index is 0.116. The third-order valence-corrected chi connectivity index (χ3v) is 4.98. The summed E-state index contributed by atoms with van der Waals surface area (Å²) in [4.78, 5) is 1.16. The molecule has 0 saturated heterocycles. The van der Waals surface area contributed by atoms with Crippen molar-refractivity contribution >= 4 is 34.5 Å². The normalized spacial score (nSPS) is 12.6. The van der Waals surface area contributed by atoms with Crippen molar-refractivity contribution in [2.24, 2.45) is 0 Å². The molecule has 1 nitrogen and oxygen atoms in total. The van der Waals surface area contributed by atoms with Crippen molar-refractivity contribution in [1.29, 1.82) is 0 Å². The zero-order valence-corrected chi connectivity index (χ0v) is 13.4. The van der Waals surface area contributed by atoms with Gasteiger partial charge in [0.25, 0.3) is 0 Å². The van der Waals surface area contributed by atoms with Gasteiger partial charge in [-0.15, -0.1) is 11.3 Å². The van der Waals surface area contributed by atoms with E-state index in [1.807, 2.05) is 25.1 Å². The molecular weight excluding hydrogens is 297 g/mol. The average Bonchev–Trinajstić information content (AvgIpc) is 2.72. The molecule has 1 N–H and O–H groups in total. The molecule has 1 heterocycles. The maximum Gasteiger partial charge on any atom is 0.0686 e. The average molecular weight is 314 g/mol. The second kappa shape index (κ2) is 6.76. The van der Waals surface area contributed by atoms with Gasteiger partial charge in [-0.3, -0.25) is 0 Å². The van der Waals surface area contributed by atoms with E-state index in [0.717, 1.165) is 39.0 Å². The molecule has 1 atom stereocenters. The molecule has 4 heteroatoms. The highest BCUT2D eigenvalue weighted by atomic mass is 35.5. The van der Waals surface area contributed by atoms with E-state index in [2.05, 4.69) is 23.7 Å². The van der Waals surface area contributed by atoms with E-state index in [0.29, 0.717) is 0 Å². The van der Waals surface area contributed by atoms with E-state index in [1.54, 1.807) is 11.3 Å². The summed E-state index contributed by atoms with van der Waals surface area (Å²) in [5.74, 6) is 0. The quantitative estimate of drug-likeness (QED) is 0.773. The molecule has 0 fully saturated rings. The minimum Gasteiger partial charge on any atom is -0.306 e. The molecule has 0 spiro atoms. The van der Waals surface area contributed by atoms with Crippen LogP contribution in [0.4, 0.5) is 0 Å². The van der Waals surface area contributed by atoms with Crippen LogP contribution in [0.1, 0.15) is 35.4 Å². The highest BCUT2D eigenvalue weighted by molar-refractivity contribution is 7.10. The highest BCUT2D eigenvalue weighted by Gasteiger charge is 2.19. The highest BCUT2D eigenvalue weighted by Crippen LogP contribution is 2.36. The fraction of sp³-hybridized carbons (Fsp3) is 0.333. The van der Waals surface area contributed by atoms with E-state index >= 15 is 0 Å². The summed E-state index contributed by atoms with van der Waals surface area (Å²) >= 11 is 14.2. The van der Waals surface area contributed by atoms with Crippen molar-refractivity contribution < 1.29 is 0 Å². The largest absolute Gasteiger partial charge is 0.306 e. The molecule has 0 radical (unpaired) electrons. The topological polar surface area (TPSA) is 12.0 Å². The monoisotopic (exact) mass is 313 g/mol. The molecule has 2 aromatic rings. The van der Waals surface area contributed by atoms with Gasteiger partial charge in [-0.1, -0.05) is 42.3 Å². The maximum absolute atomic E-state index is 6.41. The van der Waals surface area contributed by atoms with Crippen LogP contribution in [0.2, 0.25) is 10.0 Å². The summed E-state index contributed by atoms with van der Waals surface area (Å²) in [6.45, 7) is 5.14. The van der Waals surface area contributed by atoms with E-state index in [-0.39, 0.29) is 6.04 Å². The summed E-state index contributed by atoms with van der Waals surface area (Å²) in [7, 11) is 0. The predicted molar refractivity (Wildman–Crippen MR) is 85.7 cm³/mol. The Morgan fingerprint density at radius 1 is 1.32 bits per heavy atom. The van der Waals surface area contributed by atoms with Crippen LogP contribution < -0.4 is 5.32 Å². The first-order chi connectivity index (χ1) is 9.13. The van der Waals surface area contributed by atoms with Gasteiger partial charge in [-0.2, -0.15) is 0 Å². The van der Waals surface area contributed by atoms with Crippen LogP contribution in [-0.4, -0.2) is 6.54 Å². The van der Waals surface area contributed by atoms with Gasteiger partial charge in [-0.05, 0) is 48.5 Å². The van der Waals surface area contributed by atoms with Crippen molar-refractivity contribution in [1.82, 2.24) is 5.32 Å². The van der Waals surface area contributed by atoms with Crippen LogP contribution >= 0.6 is 34.5 Å². The second-order valence-corrected chi connectivity index (χ2v) is 6.26. The van der Waals surface area contributed by atoms with Crippen molar-refractivity contribution in [3.8, 4) is 0 Å². The number of aryl methyl sites for hydroxylation is 1. The molecule has 1 aromatic carbocycles. The van der Waals surface area contributed by atoms with Crippen molar-refractivity contribution in [2.45, 2.75) is 26.3 Å². The van der Waals surface area contributed by atoms with Crippen molar-refractivity contribution in [2.75, 3.05) is 6.54 Å². The summed E-state index contributed by atoms with van der Waals surface area (Å²) in [5.41, 5.74) is 2.29. The molecule has 102 valence electrons. The molecule has 0 aliphatic rings. The summed E-state index contributed by atoms with van der Waals surface area (Å²) < 4.78 is 0. The number of nitrogens with one attached hydrogen (secondary N) is 1. The van der Waals surface area contributed by atoms with Crippen LogP contribution in [0.3, 0.4) is 0 Å². The Bertz CT molecular complexity index is 551. The van der Waals surface area contributed by atoms with E-state index in [4.69, 9.17) is 23.2 Å². The van der Waals surface area contributed by atoms with E-state index in [9.17, 15) is 0 Å². The molecular formula is C15H17Cl2NS. The first-order valence-electron chi connectivity index (χ1n) is 6.35. The molecule has 0 bridgehead atoms. The number of hydrogen-bond donors (Lipinski definition) is 1. The lowest BCUT2D eigenvalue weighted by atomic mass is 10.0. The van der Waals surface area contributed by atoms with Gasteiger partial charge in [0.15, 0.2) is 0 Å². The molecule has 0 aliphatic heterocycles. The zero-order valence-electron chi connectivity index (χ0n) is 11.0. The lowest BCUT2D eigenvalue weighted by Crippen LogP contribution is -2.22. The molecule has 2 rings (SSSR count). The molecule has 19 heavy (non-hydrogen) atoms. The molecule has 0 amide bonds. The summed E-state index contributed by atoms with van der Waals surface area (Å²) in [5, 5.41) is 7.27. The number of halogens is 2. The van der Waals surface area contributed by atoms with Gasteiger partial charge in [0.05, 0.1) is 11.1 Å². The number of benzene rings is 1. The smallest absolute Gasteiger partial charge is 0.0686 e. The lowest BCUT2D eigenvalue weighted by Gasteiger charge is -2.18. The van der Waals surface area contributed by atoms with Gasteiger partial charge < -0.3 is 5.32 Å². The van der Waals surface area contributed by atoms with E-state index in [1.165, 1.54) is 0 Å². The lowest BCUT2D eigenvalue weighted by molar-refractivity contribution is 0.606. The Hall–Kier alpha value is -0.540. The van der Waals surface area contributed by atoms with Crippen LogP contribution in [0.25, 0.3) is 0 Å². The van der Waals surface area contributed by atoms with Crippen molar-refractivity contribution in [3.63, 3.8) is 0 Å². The van der Waals surface area contributed by atoms with Gasteiger partial charge in [0.2, 0.25) is 0 Å². The maximum atomic E-state index is 6.41. The first kappa shape index (κ1) is 14.9. The number of rotatable bonds is 5. The fourth-order valence-electron chi connectivity index (χ4n) is 1.98. The Morgan fingerprint density at radius 2 is 2.11 bits per heavy atom. The number of hydrogen-bond acceptors (Lipinski definition) is 2. The van der Waals surface area contributed by atoms with Gasteiger partial charge in [0.1, 0.15) is 0 Å². The molecule has 1 aromatic heterocycles. The molecule has 0 aliphatic carbocycles. The third kappa shape index (κ3) is 3.51.